The molecule has 2 rings (SSSR count). The van der Waals surface area contributed by atoms with Crippen molar-refractivity contribution in [1.29, 1.82) is 0 Å². The second kappa shape index (κ2) is 4.58. The van der Waals surface area contributed by atoms with Crippen LogP contribution in [0.25, 0.3) is 0 Å². The average molecular weight is 264 g/mol. The van der Waals surface area contributed by atoms with Gasteiger partial charge in [-0.2, -0.15) is 0 Å². The molecule has 0 spiro atoms. The summed E-state index contributed by atoms with van der Waals surface area (Å²) in [5.74, 6) is 0.625. The molecule has 0 bridgehead atoms. The summed E-state index contributed by atoms with van der Waals surface area (Å²) in [5, 5.41) is 4.60. The van der Waals surface area contributed by atoms with E-state index in [4.69, 9.17) is 0 Å². The van der Waals surface area contributed by atoms with Crippen LogP contribution in [0.2, 0.25) is 0 Å². The first kappa shape index (κ1) is 12.8. The minimum atomic E-state index is 0.141. The molecule has 2 aromatic heterocycles. The highest BCUT2D eigenvalue weighted by atomic mass is 32.1. The second-order valence-electron chi connectivity index (χ2n) is 5.47. The Morgan fingerprint density at radius 3 is 2.24 bits per heavy atom. The summed E-state index contributed by atoms with van der Waals surface area (Å²) in [5.41, 5.74) is 3.05. The molecule has 92 valence electrons. The van der Waals surface area contributed by atoms with Gasteiger partial charge >= 0.3 is 0 Å². The third-order valence-electron chi connectivity index (χ3n) is 3.35. The van der Waals surface area contributed by atoms with Crippen LogP contribution in [0.5, 0.6) is 0 Å². The van der Waals surface area contributed by atoms with Crippen molar-refractivity contribution >= 4 is 22.7 Å². The van der Waals surface area contributed by atoms with Gasteiger partial charge in [-0.05, 0) is 46.9 Å². The van der Waals surface area contributed by atoms with Gasteiger partial charge < -0.3 is 0 Å². The first-order valence-electron chi connectivity index (χ1n) is 6.06. The third kappa shape index (κ3) is 2.48. The lowest BCUT2D eigenvalue weighted by molar-refractivity contribution is 0.657. The molecule has 0 amide bonds. The molecule has 0 nitrogen and oxygen atoms in total. The van der Waals surface area contributed by atoms with Crippen molar-refractivity contribution in [3.05, 3.63) is 43.8 Å². The fraction of sp³-hybridized carbons (Fsp3) is 0.467. The van der Waals surface area contributed by atoms with Gasteiger partial charge in [0.05, 0.1) is 0 Å². The van der Waals surface area contributed by atoms with E-state index in [-0.39, 0.29) is 5.41 Å². The van der Waals surface area contributed by atoms with Crippen LogP contribution in [0.4, 0.5) is 0 Å². The Morgan fingerprint density at radius 2 is 1.76 bits per heavy atom. The highest BCUT2D eigenvalue weighted by Crippen LogP contribution is 2.38. The minimum absolute atomic E-state index is 0.141. The molecule has 0 fully saturated rings. The first-order chi connectivity index (χ1) is 7.91. The van der Waals surface area contributed by atoms with Crippen LogP contribution in [-0.4, -0.2) is 0 Å². The maximum atomic E-state index is 2.38. The van der Waals surface area contributed by atoms with E-state index in [0.717, 1.165) is 0 Å². The highest BCUT2D eigenvalue weighted by molar-refractivity contribution is 7.10. The largest absolute Gasteiger partial charge is 0.149 e. The summed E-state index contributed by atoms with van der Waals surface area (Å²) in [6, 6.07) is 4.70. The summed E-state index contributed by atoms with van der Waals surface area (Å²) < 4.78 is 0. The lowest BCUT2D eigenvalue weighted by Crippen LogP contribution is -2.16. The molecule has 0 N–H and O–H groups in total. The monoisotopic (exact) mass is 264 g/mol. The Balaban J connectivity index is 2.37. The third-order valence-corrected chi connectivity index (χ3v) is 5.49. The average Bonchev–Trinajstić information content (AvgIpc) is 2.85. The Hall–Kier alpha value is -0.600. The molecule has 2 heterocycles. The zero-order valence-corrected chi connectivity index (χ0v) is 12.8. The van der Waals surface area contributed by atoms with Gasteiger partial charge in [0.25, 0.3) is 0 Å². The van der Waals surface area contributed by atoms with Gasteiger partial charge in [-0.15, -0.1) is 22.7 Å². The van der Waals surface area contributed by atoms with Gasteiger partial charge in [0.15, 0.2) is 0 Å². The van der Waals surface area contributed by atoms with Crippen LogP contribution in [0.1, 0.15) is 54.5 Å². The predicted molar refractivity (Wildman–Crippen MR) is 79.6 cm³/mol. The van der Waals surface area contributed by atoms with Crippen molar-refractivity contribution in [3.8, 4) is 0 Å². The number of rotatable bonds is 3. The molecule has 0 saturated heterocycles. The molecule has 0 aliphatic rings. The Labute approximate surface area is 112 Å². The topological polar surface area (TPSA) is 0 Å². The Bertz CT molecular complexity index is 500. The molecule has 2 heteroatoms. The van der Waals surface area contributed by atoms with Crippen molar-refractivity contribution in [2.45, 2.75) is 46.0 Å². The van der Waals surface area contributed by atoms with Crippen molar-refractivity contribution in [1.82, 2.24) is 0 Å². The standard InChI is InChI=1S/C15H20S2/c1-10(2)12-7-14(17-8-12)15(4,5)13-6-11(3)16-9-13/h6-10H,1-5H3. The molecule has 0 aromatic carbocycles. The zero-order chi connectivity index (χ0) is 12.6. The normalized spacial score (nSPS) is 12.4. The van der Waals surface area contributed by atoms with E-state index >= 15 is 0 Å². The molecule has 0 unspecified atom stereocenters. The maximum Gasteiger partial charge on any atom is 0.0248 e. The van der Waals surface area contributed by atoms with Crippen molar-refractivity contribution in [2.24, 2.45) is 0 Å². The van der Waals surface area contributed by atoms with Crippen LogP contribution in [0.15, 0.2) is 22.9 Å². The molecule has 0 aliphatic carbocycles. The van der Waals surface area contributed by atoms with E-state index in [1.807, 2.05) is 22.7 Å². The number of thiophene rings is 2. The molecule has 0 radical (unpaired) electrons. The zero-order valence-electron chi connectivity index (χ0n) is 11.2. The van der Waals surface area contributed by atoms with Crippen LogP contribution in [0, 0.1) is 6.92 Å². The molecule has 0 aliphatic heterocycles. The smallest absolute Gasteiger partial charge is 0.0248 e. The summed E-state index contributed by atoms with van der Waals surface area (Å²) in [6.45, 7) is 11.3. The Kier molecular flexibility index (Phi) is 3.46. The molecular weight excluding hydrogens is 244 g/mol. The van der Waals surface area contributed by atoms with E-state index in [2.05, 4.69) is 57.5 Å². The van der Waals surface area contributed by atoms with E-state index in [9.17, 15) is 0 Å². The quantitative estimate of drug-likeness (QED) is 0.680. The van der Waals surface area contributed by atoms with Crippen molar-refractivity contribution in [3.63, 3.8) is 0 Å². The molecule has 17 heavy (non-hydrogen) atoms. The van der Waals surface area contributed by atoms with Gasteiger partial charge in [-0.3, -0.25) is 0 Å². The summed E-state index contributed by atoms with van der Waals surface area (Å²) in [7, 11) is 0. The van der Waals surface area contributed by atoms with Crippen LogP contribution >= 0.6 is 22.7 Å². The minimum Gasteiger partial charge on any atom is -0.149 e. The number of hydrogen-bond acceptors (Lipinski definition) is 2. The van der Waals surface area contributed by atoms with E-state index in [0.29, 0.717) is 5.92 Å². The highest BCUT2D eigenvalue weighted by Gasteiger charge is 2.26. The fourth-order valence-corrected chi connectivity index (χ4v) is 3.99. The second-order valence-corrected chi connectivity index (χ2v) is 7.50. The lowest BCUT2D eigenvalue weighted by Gasteiger charge is -2.22. The molecule has 0 atom stereocenters. The van der Waals surface area contributed by atoms with Gasteiger partial charge in [0.1, 0.15) is 0 Å². The van der Waals surface area contributed by atoms with E-state index < -0.39 is 0 Å². The van der Waals surface area contributed by atoms with E-state index in [1.54, 1.807) is 0 Å². The van der Waals surface area contributed by atoms with Crippen molar-refractivity contribution < 1.29 is 0 Å². The van der Waals surface area contributed by atoms with Gasteiger partial charge in [-0.25, -0.2) is 0 Å². The van der Waals surface area contributed by atoms with E-state index in [1.165, 1.54) is 20.9 Å². The summed E-state index contributed by atoms with van der Waals surface area (Å²) in [4.78, 5) is 2.87. The summed E-state index contributed by atoms with van der Waals surface area (Å²) in [6.07, 6.45) is 0. The number of aryl methyl sites for hydroxylation is 1. The Morgan fingerprint density at radius 1 is 1.06 bits per heavy atom. The van der Waals surface area contributed by atoms with Gasteiger partial charge in [-0.1, -0.05) is 27.7 Å². The maximum absolute atomic E-state index is 2.38. The summed E-state index contributed by atoms with van der Waals surface area (Å²) >= 11 is 3.74. The lowest BCUT2D eigenvalue weighted by atomic mass is 9.84. The first-order valence-corrected chi connectivity index (χ1v) is 7.81. The van der Waals surface area contributed by atoms with Crippen molar-refractivity contribution in [2.75, 3.05) is 0 Å². The molecule has 0 saturated carbocycles. The van der Waals surface area contributed by atoms with Crippen LogP contribution in [0.3, 0.4) is 0 Å². The molecule has 2 aromatic rings. The SMILES string of the molecule is Cc1cc(C(C)(C)c2cc(C(C)C)cs2)cs1. The predicted octanol–water partition coefficient (Wildman–Crippen LogP) is 5.57. The van der Waals surface area contributed by atoms with Gasteiger partial charge in [0, 0.05) is 15.2 Å². The van der Waals surface area contributed by atoms with Crippen LogP contribution in [-0.2, 0) is 5.41 Å². The van der Waals surface area contributed by atoms with Crippen LogP contribution < -0.4 is 0 Å². The van der Waals surface area contributed by atoms with Gasteiger partial charge in [0.2, 0.25) is 0 Å². The fourth-order valence-electron chi connectivity index (χ4n) is 1.89. The number of hydrogen-bond donors (Lipinski definition) is 0. The molecular formula is C15H20S2.